The van der Waals surface area contributed by atoms with Crippen molar-refractivity contribution in [2.45, 2.75) is 97.8 Å². The van der Waals surface area contributed by atoms with Crippen molar-refractivity contribution in [3.05, 3.63) is 72.9 Å². The lowest BCUT2D eigenvalue weighted by Crippen LogP contribution is -2.20. The number of nitrogens with two attached hydrogens (primary N) is 1. The van der Waals surface area contributed by atoms with E-state index in [9.17, 15) is 0 Å². The number of allylic oxidation sites excluding steroid dienone is 11. The molecule has 0 bridgehead atoms. The van der Waals surface area contributed by atoms with Crippen LogP contribution in [0.3, 0.4) is 0 Å². The number of hydrogen-bond acceptors (Lipinski definition) is 1. The standard InChI is InChI=1S/C38H59N/c1-5-13-35-34(6-2)36-17-10-11-18-37(36)38(35)24-19-28(3)26-33(16-12-25-39)29(4)27-30-20-22-32(23-21-30)31-14-8-7-9-15-31/h5-6,10-11,13,17-18,20-22,28-29,31-38H,2,7-9,12,14-16,19,23-27,39H2,1,3-4H3/b13-5-/t28-,29+,32?,33-,34-,35?,36-,37?,38?/m0/s1. The molecule has 2 saturated carbocycles. The maximum Gasteiger partial charge on any atom is -0.00772 e. The van der Waals surface area contributed by atoms with Crippen LogP contribution >= 0.6 is 0 Å². The summed E-state index contributed by atoms with van der Waals surface area (Å²) in [6, 6.07) is 0. The van der Waals surface area contributed by atoms with Gasteiger partial charge in [0.05, 0.1) is 0 Å². The van der Waals surface area contributed by atoms with E-state index in [4.69, 9.17) is 5.73 Å². The first-order valence-corrected chi connectivity index (χ1v) is 16.7. The molecule has 4 aliphatic rings. The quantitative estimate of drug-likeness (QED) is 0.223. The number of hydrogen-bond donors (Lipinski definition) is 1. The Hall–Kier alpha value is -1.60. The average molecular weight is 530 g/mol. The van der Waals surface area contributed by atoms with Gasteiger partial charge in [-0.1, -0.05) is 106 Å². The van der Waals surface area contributed by atoms with Crippen molar-refractivity contribution in [3.8, 4) is 0 Å². The minimum absolute atomic E-state index is 0.569. The van der Waals surface area contributed by atoms with Gasteiger partial charge in [0.15, 0.2) is 0 Å². The molecule has 0 saturated heterocycles. The summed E-state index contributed by atoms with van der Waals surface area (Å²) >= 11 is 0. The number of fused-ring (bicyclic) bond motifs is 1. The van der Waals surface area contributed by atoms with E-state index in [1.54, 1.807) is 5.57 Å². The molecule has 0 amide bonds. The summed E-state index contributed by atoms with van der Waals surface area (Å²) in [4.78, 5) is 0. The van der Waals surface area contributed by atoms with Gasteiger partial charge >= 0.3 is 0 Å². The molecular formula is C38H59N. The van der Waals surface area contributed by atoms with E-state index < -0.39 is 0 Å². The third kappa shape index (κ3) is 8.00. The van der Waals surface area contributed by atoms with E-state index in [2.05, 4.69) is 88.1 Å². The molecule has 0 spiro atoms. The second-order valence-corrected chi connectivity index (χ2v) is 13.7. The van der Waals surface area contributed by atoms with Gasteiger partial charge in [-0.2, -0.15) is 0 Å². The Morgan fingerprint density at radius 1 is 1.00 bits per heavy atom. The predicted molar refractivity (Wildman–Crippen MR) is 171 cm³/mol. The van der Waals surface area contributed by atoms with Crippen LogP contribution in [-0.4, -0.2) is 6.54 Å². The minimum atomic E-state index is 0.569. The summed E-state index contributed by atoms with van der Waals surface area (Å²) in [6.07, 6.45) is 40.4. The fourth-order valence-electron chi connectivity index (χ4n) is 8.85. The van der Waals surface area contributed by atoms with Crippen LogP contribution in [0.5, 0.6) is 0 Å². The maximum absolute atomic E-state index is 6.00. The lowest BCUT2D eigenvalue weighted by Gasteiger charge is -2.31. The fraction of sp³-hybridized carbons (Fsp3) is 0.684. The molecule has 0 aliphatic heterocycles. The van der Waals surface area contributed by atoms with Crippen LogP contribution < -0.4 is 5.73 Å². The second-order valence-electron chi connectivity index (χ2n) is 13.7. The molecular weight excluding hydrogens is 470 g/mol. The van der Waals surface area contributed by atoms with E-state index in [-0.39, 0.29) is 0 Å². The smallest absolute Gasteiger partial charge is 0.00772 e. The molecule has 0 aromatic rings. The zero-order valence-corrected chi connectivity index (χ0v) is 25.5. The molecule has 0 aromatic heterocycles. The molecule has 4 aliphatic carbocycles. The predicted octanol–water partition coefficient (Wildman–Crippen LogP) is 10.2. The maximum atomic E-state index is 6.00. The Labute approximate surface area is 241 Å². The van der Waals surface area contributed by atoms with Crippen LogP contribution in [0, 0.1) is 59.2 Å². The van der Waals surface area contributed by atoms with Crippen LogP contribution in [0.1, 0.15) is 97.8 Å². The van der Waals surface area contributed by atoms with E-state index in [0.717, 1.165) is 48.5 Å². The summed E-state index contributed by atoms with van der Waals surface area (Å²) < 4.78 is 0. The first kappa shape index (κ1) is 30.4. The van der Waals surface area contributed by atoms with Gasteiger partial charge < -0.3 is 5.73 Å². The summed E-state index contributed by atoms with van der Waals surface area (Å²) in [5, 5.41) is 0. The fourth-order valence-corrected chi connectivity index (χ4v) is 8.85. The Bertz CT molecular complexity index is 896. The molecule has 1 heteroatoms. The molecule has 2 N–H and O–H groups in total. The first-order chi connectivity index (χ1) is 19.0. The first-order valence-electron chi connectivity index (χ1n) is 16.7. The molecule has 0 aromatic carbocycles. The molecule has 216 valence electrons. The summed E-state index contributed by atoms with van der Waals surface area (Å²) in [5.74, 6) is 7.21. The molecule has 39 heavy (non-hydrogen) atoms. The van der Waals surface area contributed by atoms with Crippen molar-refractivity contribution in [2.75, 3.05) is 6.54 Å². The van der Waals surface area contributed by atoms with Crippen molar-refractivity contribution >= 4 is 0 Å². The third-order valence-electron chi connectivity index (χ3n) is 11.1. The van der Waals surface area contributed by atoms with E-state index >= 15 is 0 Å². The molecule has 0 radical (unpaired) electrons. The normalized spacial score (nSPS) is 33.2. The van der Waals surface area contributed by atoms with Gasteiger partial charge in [-0.3, -0.25) is 0 Å². The molecule has 0 heterocycles. The van der Waals surface area contributed by atoms with E-state index in [1.807, 2.05) is 0 Å². The highest BCUT2D eigenvalue weighted by molar-refractivity contribution is 5.25. The lowest BCUT2D eigenvalue weighted by atomic mass is 9.74. The van der Waals surface area contributed by atoms with Crippen molar-refractivity contribution in [1.29, 1.82) is 0 Å². The summed E-state index contributed by atoms with van der Waals surface area (Å²) in [5.41, 5.74) is 7.60. The van der Waals surface area contributed by atoms with E-state index in [0.29, 0.717) is 23.7 Å². The van der Waals surface area contributed by atoms with Gasteiger partial charge in [-0.25, -0.2) is 0 Å². The highest BCUT2D eigenvalue weighted by Crippen LogP contribution is 2.52. The van der Waals surface area contributed by atoms with E-state index in [1.165, 1.54) is 70.6 Å². The van der Waals surface area contributed by atoms with Gasteiger partial charge in [0.25, 0.3) is 0 Å². The van der Waals surface area contributed by atoms with Crippen molar-refractivity contribution in [3.63, 3.8) is 0 Å². The Kier molecular flexibility index (Phi) is 12.0. The molecule has 4 unspecified atom stereocenters. The van der Waals surface area contributed by atoms with Gasteiger partial charge in [0.1, 0.15) is 0 Å². The van der Waals surface area contributed by atoms with Gasteiger partial charge in [-0.15, -0.1) is 6.58 Å². The van der Waals surface area contributed by atoms with Crippen molar-refractivity contribution < 1.29 is 0 Å². The van der Waals surface area contributed by atoms with Gasteiger partial charge in [-0.05, 0) is 124 Å². The van der Waals surface area contributed by atoms with Crippen LogP contribution in [-0.2, 0) is 0 Å². The van der Waals surface area contributed by atoms with Crippen molar-refractivity contribution in [1.82, 2.24) is 0 Å². The molecule has 9 atom stereocenters. The van der Waals surface area contributed by atoms with Crippen LogP contribution in [0.25, 0.3) is 0 Å². The monoisotopic (exact) mass is 529 g/mol. The highest BCUT2D eigenvalue weighted by atomic mass is 14.5. The van der Waals surface area contributed by atoms with Gasteiger partial charge in [0, 0.05) is 0 Å². The summed E-state index contributed by atoms with van der Waals surface area (Å²) in [7, 11) is 0. The van der Waals surface area contributed by atoms with Crippen LogP contribution in [0.15, 0.2) is 72.9 Å². The SMILES string of the molecule is C=C[C@H]1C(/C=C\C)C(CC[C@H](C)C[C@H](CCCN)[C@H](C)CC2=CCC(C3CCCCC3)C=C2)C2C=CC=C[C@H]21. The Morgan fingerprint density at radius 2 is 1.77 bits per heavy atom. The summed E-state index contributed by atoms with van der Waals surface area (Å²) in [6.45, 7) is 12.3. The topological polar surface area (TPSA) is 26.0 Å². The number of rotatable bonds is 14. The Morgan fingerprint density at radius 3 is 2.44 bits per heavy atom. The van der Waals surface area contributed by atoms with Crippen LogP contribution in [0.2, 0.25) is 0 Å². The lowest BCUT2D eigenvalue weighted by molar-refractivity contribution is 0.242. The minimum Gasteiger partial charge on any atom is -0.330 e. The van der Waals surface area contributed by atoms with Crippen molar-refractivity contribution in [2.24, 2.45) is 64.9 Å². The third-order valence-corrected chi connectivity index (χ3v) is 11.1. The zero-order chi connectivity index (χ0) is 27.6. The Balaban J connectivity index is 1.31. The largest absolute Gasteiger partial charge is 0.330 e. The highest BCUT2D eigenvalue weighted by Gasteiger charge is 2.45. The zero-order valence-electron chi connectivity index (χ0n) is 25.5. The van der Waals surface area contributed by atoms with Gasteiger partial charge in [0.2, 0.25) is 0 Å². The second kappa shape index (κ2) is 15.4. The molecule has 2 fully saturated rings. The molecule has 1 nitrogen and oxygen atoms in total. The van der Waals surface area contributed by atoms with Crippen LogP contribution in [0.4, 0.5) is 0 Å². The average Bonchev–Trinajstić information content (AvgIpc) is 3.27. The molecule has 4 rings (SSSR count).